The molecule has 6 nitrogen and oxygen atoms in total. The fourth-order valence-electron chi connectivity index (χ4n) is 4.97. The predicted octanol–water partition coefficient (Wildman–Crippen LogP) is 4.75. The summed E-state index contributed by atoms with van der Waals surface area (Å²) in [5.41, 5.74) is 3.18. The Kier molecular flexibility index (Phi) is 7.72. The number of nitrogens with one attached hydrogen (secondary N) is 1. The van der Waals surface area contributed by atoms with Gasteiger partial charge in [-0.2, -0.15) is 16.1 Å². The van der Waals surface area contributed by atoms with Crippen molar-refractivity contribution < 1.29 is 18.3 Å². The minimum Gasteiger partial charge on any atom is -0.480 e. The molecule has 1 heterocycles. The van der Waals surface area contributed by atoms with Crippen molar-refractivity contribution >= 4 is 27.8 Å². The van der Waals surface area contributed by atoms with Crippen LogP contribution in [0.2, 0.25) is 0 Å². The zero-order valence-electron chi connectivity index (χ0n) is 19.9. The minimum atomic E-state index is -3.92. The summed E-state index contributed by atoms with van der Waals surface area (Å²) in [7, 11) is -3.92. The van der Waals surface area contributed by atoms with Gasteiger partial charge in [0.1, 0.15) is 6.04 Å². The second-order valence-electron chi connectivity index (χ2n) is 9.75. The third-order valence-electron chi connectivity index (χ3n) is 6.91. The molecule has 34 heavy (non-hydrogen) atoms. The SMILES string of the molecule is CC1(C)SCCN(S(=O)(=O)c2ccc(-c3ccc(CNC4CCCCC4)cc3)cc2)C1C(=O)O. The van der Waals surface area contributed by atoms with E-state index in [0.29, 0.717) is 11.8 Å². The van der Waals surface area contributed by atoms with Crippen LogP contribution in [0.5, 0.6) is 0 Å². The Balaban J connectivity index is 1.46. The molecule has 184 valence electrons. The van der Waals surface area contributed by atoms with E-state index in [1.54, 1.807) is 38.1 Å². The largest absolute Gasteiger partial charge is 0.480 e. The molecule has 2 fully saturated rings. The summed E-state index contributed by atoms with van der Waals surface area (Å²) < 4.78 is 27.1. The summed E-state index contributed by atoms with van der Waals surface area (Å²) in [5.74, 6) is -0.550. The lowest BCUT2D eigenvalue weighted by atomic mass is 9.95. The lowest BCUT2D eigenvalue weighted by molar-refractivity contribution is -0.142. The number of carboxylic acid groups (broad SMARTS) is 1. The highest BCUT2D eigenvalue weighted by Gasteiger charge is 2.48. The van der Waals surface area contributed by atoms with Gasteiger partial charge in [-0.3, -0.25) is 4.79 Å². The van der Waals surface area contributed by atoms with Crippen LogP contribution in [-0.4, -0.2) is 52.9 Å². The Hall–Kier alpha value is -1.87. The number of carboxylic acids is 1. The molecule has 0 amide bonds. The van der Waals surface area contributed by atoms with E-state index >= 15 is 0 Å². The van der Waals surface area contributed by atoms with Crippen molar-refractivity contribution in [1.29, 1.82) is 0 Å². The van der Waals surface area contributed by atoms with Gasteiger partial charge in [0.05, 0.1) is 4.90 Å². The summed E-state index contributed by atoms with van der Waals surface area (Å²) in [6.45, 7) is 4.62. The maximum Gasteiger partial charge on any atom is 0.323 e. The topological polar surface area (TPSA) is 86.7 Å². The number of benzene rings is 2. The number of aliphatic carboxylic acids is 1. The average Bonchev–Trinajstić information content (AvgIpc) is 2.83. The smallest absolute Gasteiger partial charge is 0.323 e. The van der Waals surface area contributed by atoms with Crippen LogP contribution in [0.1, 0.15) is 51.5 Å². The van der Waals surface area contributed by atoms with Crippen LogP contribution in [0.3, 0.4) is 0 Å². The molecule has 2 aromatic carbocycles. The molecule has 1 saturated carbocycles. The van der Waals surface area contributed by atoms with Crippen molar-refractivity contribution in [3.8, 4) is 11.1 Å². The lowest BCUT2D eigenvalue weighted by Crippen LogP contribution is -2.58. The Morgan fingerprint density at radius 1 is 1.03 bits per heavy atom. The van der Waals surface area contributed by atoms with Crippen LogP contribution in [0.15, 0.2) is 53.4 Å². The molecule has 0 spiro atoms. The summed E-state index contributed by atoms with van der Waals surface area (Å²) in [6, 6.07) is 14.6. The first-order valence-electron chi connectivity index (χ1n) is 12.0. The number of hydrogen-bond donors (Lipinski definition) is 2. The summed E-state index contributed by atoms with van der Waals surface area (Å²) in [6.07, 6.45) is 6.49. The van der Waals surface area contributed by atoms with Gasteiger partial charge in [0, 0.05) is 29.6 Å². The van der Waals surface area contributed by atoms with Crippen molar-refractivity contribution in [1.82, 2.24) is 9.62 Å². The molecule has 2 aliphatic rings. The Bertz CT molecular complexity index is 1090. The lowest BCUT2D eigenvalue weighted by Gasteiger charge is -2.42. The standard InChI is InChI=1S/C26H34N2O4S2/c1-26(2)24(25(29)30)28(16-17-33-26)34(31,32)23-14-12-21(13-15-23)20-10-8-19(9-11-20)18-27-22-6-4-3-5-7-22/h8-15,22,24,27H,3-7,16-18H2,1-2H3,(H,29,30). The van der Waals surface area contributed by atoms with E-state index in [2.05, 4.69) is 29.6 Å². The van der Waals surface area contributed by atoms with Gasteiger partial charge in [-0.1, -0.05) is 55.7 Å². The van der Waals surface area contributed by atoms with Crippen molar-refractivity contribution in [3.05, 3.63) is 54.1 Å². The highest BCUT2D eigenvalue weighted by atomic mass is 32.2. The van der Waals surface area contributed by atoms with Crippen LogP contribution < -0.4 is 5.32 Å². The maximum absolute atomic E-state index is 13.3. The third-order valence-corrected chi connectivity index (χ3v) is 10.1. The quantitative estimate of drug-likeness (QED) is 0.569. The summed E-state index contributed by atoms with van der Waals surface area (Å²) >= 11 is 1.49. The van der Waals surface area contributed by atoms with Crippen molar-refractivity contribution in [2.24, 2.45) is 0 Å². The van der Waals surface area contributed by atoms with Gasteiger partial charge in [-0.25, -0.2) is 8.42 Å². The number of sulfonamides is 1. The average molecular weight is 503 g/mol. The number of hydrogen-bond acceptors (Lipinski definition) is 5. The van der Waals surface area contributed by atoms with Gasteiger partial charge in [-0.05, 0) is 55.5 Å². The fraction of sp³-hybridized carbons (Fsp3) is 0.500. The summed E-state index contributed by atoms with van der Waals surface area (Å²) in [4.78, 5) is 12.1. The van der Waals surface area contributed by atoms with E-state index in [1.807, 2.05) is 0 Å². The van der Waals surface area contributed by atoms with Gasteiger partial charge in [-0.15, -0.1) is 0 Å². The monoisotopic (exact) mass is 502 g/mol. The molecule has 1 unspecified atom stereocenters. The van der Waals surface area contributed by atoms with E-state index < -0.39 is 26.8 Å². The molecule has 1 aliphatic carbocycles. The van der Waals surface area contributed by atoms with Gasteiger partial charge in [0.15, 0.2) is 0 Å². The molecule has 0 radical (unpaired) electrons. The molecule has 2 aromatic rings. The van der Waals surface area contributed by atoms with E-state index in [0.717, 1.165) is 22.0 Å². The van der Waals surface area contributed by atoms with Crippen LogP contribution in [0.4, 0.5) is 0 Å². The van der Waals surface area contributed by atoms with E-state index in [9.17, 15) is 18.3 Å². The predicted molar refractivity (Wildman–Crippen MR) is 137 cm³/mol. The number of rotatable bonds is 7. The zero-order chi connectivity index (χ0) is 24.3. The van der Waals surface area contributed by atoms with Crippen molar-refractivity contribution in [2.45, 2.75) is 74.2 Å². The fourth-order valence-corrected chi connectivity index (χ4v) is 8.07. The molecule has 1 saturated heterocycles. The van der Waals surface area contributed by atoms with Gasteiger partial charge in [0.25, 0.3) is 0 Å². The first-order valence-corrected chi connectivity index (χ1v) is 14.4. The van der Waals surface area contributed by atoms with E-state index in [-0.39, 0.29) is 11.4 Å². The molecule has 0 aromatic heterocycles. The van der Waals surface area contributed by atoms with Crippen LogP contribution >= 0.6 is 11.8 Å². The molecule has 8 heteroatoms. The molecule has 0 bridgehead atoms. The first kappa shape index (κ1) is 25.2. The third kappa shape index (κ3) is 5.51. The van der Waals surface area contributed by atoms with Crippen molar-refractivity contribution in [2.75, 3.05) is 12.3 Å². The second kappa shape index (κ2) is 10.4. The first-order chi connectivity index (χ1) is 16.2. The van der Waals surface area contributed by atoms with Gasteiger partial charge < -0.3 is 10.4 Å². The Morgan fingerprint density at radius 2 is 1.62 bits per heavy atom. The highest BCUT2D eigenvalue weighted by Crippen LogP contribution is 2.38. The molecule has 2 N–H and O–H groups in total. The Morgan fingerprint density at radius 3 is 2.21 bits per heavy atom. The van der Waals surface area contributed by atoms with E-state index in [4.69, 9.17) is 0 Å². The van der Waals surface area contributed by atoms with Crippen molar-refractivity contribution in [3.63, 3.8) is 0 Å². The minimum absolute atomic E-state index is 0.124. The normalized spacial score (nSPS) is 21.9. The Labute approximate surface area is 207 Å². The highest BCUT2D eigenvalue weighted by molar-refractivity contribution is 8.00. The molecule has 4 rings (SSSR count). The van der Waals surface area contributed by atoms with Crippen LogP contribution in [-0.2, 0) is 21.4 Å². The van der Waals surface area contributed by atoms with Crippen LogP contribution in [0.25, 0.3) is 11.1 Å². The molecular formula is C26H34N2O4S2. The number of carbonyl (C=O) groups is 1. The van der Waals surface area contributed by atoms with Gasteiger partial charge in [0.2, 0.25) is 10.0 Å². The van der Waals surface area contributed by atoms with Crippen LogP contribution in [0, 0.1) is 0 Å². The number of nitrogens with zero attached hydrogens (tertiary/aromatic N) is 1. The number of thioether (sulfide) groups is 1. The van der Waals surface area contributed by atoms with E-state index in [1.165, 1.54) is 49.4 Å². The molecule has 1 atom stereocenters. The van der Waals surface area contributed by atoms with Gasteiger partial charge >= 0.3 is 5.97 Å². The molecular weight excluding hydrogens is 468 g/mol. The second-order valence-corrected chi connectivity index (χ2v) is 13.4. The maximum atomic E-state index is 13.3. The zero-order valence-corrected chi connectivity index (χ0v) is 21.5. The molecule has 1 aliphatic heterocycles. The summed E-state index contributed by atoms with van der Waals surface area (Å²) in [5, 5.41) is 13.4.